The molecular formula is C36H41F3N6O2. The molecule has 0 atom stereocenters. The highest BCUT2D eigenvalue weighted by atomic mass is 19.4. The molecule has 2 aromatic heterocycles. The highest BCUT2D eigenvalue weighted by Gasteiger charge is 2.31. The summed E-state index contributed by atoms with van der Waals surface area (Å²) in [6.45, 7) is 7.76. The third-order valence-electron chi connectivity index (χ3n) is 7.89. The van der Waals surface area contributed by atoms with Gasteiger partial charge in [-0.15, -0.1) is 0 Å². The molecule has 2 aromatic carbocycles. The number of aromatic nitrogens is 2. The maximum Gasteiger partial charge on any atom is 0.416 e. The van der Waals surface area contributed by atoms with E-state index in [-0.39, 0.29) is 11.3 Å². The number of aryl methyl sites for hydroxylation is 1. The lowest BCUT2D eigenvalue weighted by Crippen LogP contribution is -2.38. The van der Waals surface area contributed by atoms with Gasteiger partial charge in [0.05, 0.1) is 16.9 Å². The van der Waals surface area contributed by atoms with Crippen molar-refractivity contribution in [2.45, 2.75) is 59.1 Å². The fraction of sp³-hybridized carbons (Fsp3) is 0.361. The summed E-state index contributed by atoms with van der Waals surface area (Å²) in [7, 11) is 0. The number of hydrogen-bond donors (Lipinski definition) is 4. The van der Waals surface area contributed by atoms with Crippen molar-refractivity contribution in [1.82, 2.24) is 15.3 Å². The third-order valence-corrected chi connectivity index (χ3v) is 7.89. The zero-order chi connectivity index (χ0) is 33.6. The average molecular weight is 647 g/mol. The van der Waals surface area contributed by atoms with E-state index in [1.165, 1.54) is 6.07 Å². The number of aromatic amines is 1. The van der Waals surface area contributed by atoms with Gasteiger partial charge in [-0.3, -0.25) is 9.69 Å². The highest BCUT2D eigenvalue weighted by Crippen LogP contribution is 2.35. The van der Waals surface area contributed by atoms with Crippen molar-refractivity contribution in [3.05, 3.63) is 84.2 Å². The smallest absolute Gasteiger partial charge is 0.382 e. The standard InChI is InChI=1S/C36H41F3N6O2/c1-35(2,3)22-32(46)42-17-7-9-24-11-12-28(21-29(24)26-15-18-40-23-26)43-34(47)45-19-5-4-16-41-31-14-13-30(44-33(31)45)25-8-6-10-27(20-25)36(37,38)39/h6,8,10-15,18,20-21,23,40-41H,4-5,7,9,16-17,19,22H2,1-3H3,(H,42,46)(H,43,47). The minimum atomic E-state index is -4.48. The van der Waals surface area contributed by atoms with Gasteiger partial charge in [-0.25, -0.2) is 9.78 Å². The predicted molar refractivity (Wildman–Crippen MR) is 180 cm³/mol. The molecule has 1 aliphatic rings. The van der Waals surface area contributed by atoms with E-state index in [1.807, 2.05) is 57.4 Å². The summed E-state index contributed by atoms with van der Waals surface area (Å²) in [4.78, 5) is 35.4. The second kappa shape index (κ2) is 14.3. The normalized spacial score (nSPS) is 13.6. The summed E-state index contributed by atoms with van der Waals surface area (Å²) in [5.41, 5.74) is 4.06. The van der Waals surface area contributed by atoms with Crippen LogP contribution in [0.5, 0.6) is 0 Å². The van der Waals surface area contributed by atoms with Crippen LogP contribution in [0.25, 0.3) is 22.4 Å². The predicted octanol–water partition coefficient (Wildman–Crippen LogP) is 8.49. The Balaban J connectivity index is 1.36. The van der Waals surface area contributed by atoms with E-state index >= 15 is 0 Å². The molecule has 47 heavy (non-hydrogen) atoms. The number of nitrogens with one attached hydrogen (secondary N) is 4. The average Bonchev–Trinajstić information content (AvgIpc) is 3.54. The van der Waals surface area contributed by atoms with Gasteiger partial charge < -0.3 is 20.9 Å². The van der Waals surface area contributed by atoms with Gasteiger partial charge in [0.15, 0.2) is 5.82 Å². The molecule has 11 heteroatoms. The fourth-order valence-corrected chi connectivity index (χ4v) is 5.60. The molecule has 5 rings (SSSR count). The number of carbonyl (C=O) groups excluding carboxylic acids is 2. The zero-order valence-electron chi connectivity index (χ0n) is 26.9. The van der Waals surface area contributed by atoms with Crippen molar-refractivity contribution < 1.29 is 22.8 Å². The summed E-state index contributed by atoms with van der Waals surface area (Å²) < 4.78 is 40.3. The van der Waals surface area contributed by atoms with E-state index in [0.717, 1.165) is 54.5 Å². The molecule has 0 radical (unpaired) electrons. The van der Waals surface area contributed by atoms with E-state index < -0.39 is 17.8 Å². The van der Waals surface area contributed by atoms with Gasteiger partial charge in [0.25, 0.3) is 0 Å². The number of hydrogen-bond acceptors (Lipinski definition) is 4. The molecule has 0 spiro atoms. The highest BCUT2D eigenvalue weighted by molar-refractivity contribution is 6.03. The SMILES string of the molecule is CC(C)(C)CC(=O)NCCCc1ccc(NC(=O)N2CCCCNc3ccc(-c4cccc(C(F)(F)F)c4)nc32)cc1-c1cc[nH]c1. The van der Waals surface area contributed by atoms with Crippen LogP contribution in [0.3, 0.4) is 0 Å². The van der Waals surface area contributed by atoms with Crippen molar-refractivity contribution in [2.24, 2.45) is 5.41 Å². The Morgan fingerprint density at radius 2 is 1.81 bits per heavy atom. The Morgan fingerprint density at radius 3 is 2.55 bits per heavy atom. The van der Waals surface area contributed by atoms with Crippen LogP contribution >= 0.6 is 0 Å². The maximum absolute atomic E-state index is 13.8. The van der Waals surface area contributed by atoms with Crippen LogP contribution < -0.4 is 20.9 Å². The van der Waals surface area contributed by atoms with E-state index in [2.05, 4.69) is 20.9 Å². The number of fused-ring (bicyclic) bond motifs is 1. The lowest BCUT2D eigenvalue weighted by atomic mass is 9.92. The summed E-state index contributed by atoms with van der Waals surface area (Å²) in [6.07, 6.45) is 2.77. The van der Waals surface area contributed by atoms with E-state index in [0.29, 0.717) is 54.5 Å². The van der Waals surface area contributed by atoms with E-state index in [9.17, 15) is 22.8 Å². The third kappa shape index (κ3) is 8.93. The number of pyridine rings is 1. The number of alkyl halides is 3. The van der Waals surface area contributed by atoms with Crippen molar-refractivity contribution in [3.8, 4) is 22.4 Å². The topological polar surface area (TPSA) is 102 Å². The molecule has 248 valence electrons. The van der Waals surface area contributed by atoms with Crippen molar-refractivity contribution in [1.29, 1.82) is 0 Å². The number of carbonyl (C=O) groups is 2. The van der Waals surface area contributed by atoms with Gasteiger partial charge in [-0.1, -0.05) is 39.0 Å². The Kier molecular flexibility index (Phi) is 10.2. The molecule has 4 N–H and O–H groups in total. The number of nitrogens with zero attached hydrogens (tertiary/aromatic N) is 2. The van der Waals surface area contributed by atoms with Crippen molar-refractivity contribution in [2.75, 3.05) is 35.2 Å². The molecule has 3 heterocycles. The van der Waals surface area contributed by atoms with Crippen LogP contribution in [-0.2, 0) is 17.4 Å². The first-order chi connectivity index (χ1) is 22.4. The van der Waals surface area contributed by atoms with Crippen LogP contribution in [0.1, 0.15) is 57.6 Å². The number of benzene rings is 2. The molecule has 0 unspecified atom stereocenters. The number of urea groups is 1. The lowest BCUT2D eigenvalue weighted by Gasteiger charge is -2.27. The Bertz CT molecular complexity index is 1700. The molecule has 0 aliphatic carbocycles. The number of H-pyrrole nitrogens is 1. The molecule has 1 aliphatic heterocycles. The Hall–Kier alpha value is -4.80. The number of anilines is 3. The molecule has 0 saturated heterocycles. The number of halogens is 3. The molecule has 4 aromatic rings. The first kappa shape index (κ1) is 33.6. The summed E-state index contributed by atoms with van der Waals surface area (Å²) >= 11 is 0. The maximum atomic E-state index is 13.8. The van der Waals surface area contributed by atoms with Crippen LogP contribution in [0.4, 0.5) is 35.2 Å². The first-order valence-corrected chi connectivity index (χ1v) is 15.9. The number of rotatable bonds is 8. The lowest BCUT2D eigenvalue weighted by molar-refractivity contribution is -0.137. The molecular weight excluding hydrogens is 605 g/mol. The molecule has 3 amide bonds. The molecule has 8 nitrogen and oxygen atoms in total. The monoisotopic (exact) mass is 646 g/mol. The zero-order valence-corrected chi connectivity index (χ0v) is 26.9. The fourth-order valence-electron chi connectivity index (χ4n) is 5.60. The van der Waals surface area contributed by atoms with Gasteiger partial charge in [0.1, 0.15) is 0 Å². The summed E-state index contributed by atoms with van der Waals surface area (Å²) in [5.74, 6) is 0.395. The Morgan fingerprint density at radius 1 is 0.979 bits per heavy atom. The van der Waals surface area contributed by atoms with Gasteiger partial charge in [0, 0.05) is 49.7 Å². The van der Waals surface area contributed by atoms with Crippen LogP contribution in [0.2, 0.25) is 0 Å². The van der Waals surface area contributed by atoms with Crippen LogP contribution in [0.15, 0.2) is 73.1 Å². The van der Waals surface area contributed by atoms with Crippen molar-refractivity contribution in [3.63, 3.8) is 0 Å². The largest absolute Gasteiger partial charge is 0.416 e. The molecule has 0 saturated carbocycles. The molecule has 0 bridgehead atoms. The van der Waals surface area contributed by atoms with Gasteiger partial charge in [0.2, 0.25) is 5.91 Å². The minimum absolute atomic E-state index is 0.0406. The number of amides is 3. The first-order valence-electron chi connectivity index (χ1n) is 15.9. The molecule has 0 fully saturated rings. The summed E-state index contributed by atoms with van der Waals surface area (Å²) in [5, 5.41) is 9.35. The van der Waals surface area contributed by atoms with Crippen LogP contribution in [0, 0.1) is 5.41 Å². The quantitative estimate of drug-likeness (QED) is 0.144. The van der Waals surface area contributed by atoms with Gasteiger partial charge in [-0.05, 0) is 90.3 Å². The van der Waals surface area contributed by atoms with E-state index in [1.54, 1.807) is 23.1 Å². The van der Waals surface area contributed by atoms with Crippen LogP contribution in [-0.4, -0.2) is 41.5 Å². The second-order valence-corrected chi connectivity index (χ2v) is 13.0. The van der Waals surface area contributed by atoms with Gasteiger partial charge in [-0.2, -0.15) is 13.2 Å². The van der Waals surface area contributed by atoms with E-state index in [4.69, 9.17) is 4.98 Å². The minimum Gasteiger partial charge on any atom is -0.382 e. The summed E-state index contributed by atoms with van der Waals surface area (Å²) in [6, 6.07) is 15.8. The van der Waals surface area contributed by atoms with Gasteiger partial charge >= 0.3 is 12.2 Å². The van der Waals surface area contributed by atoms with Crippen molar-refractivity contribution >= 4 is 29.1 Å². The Labute approximate surface area is 273 Å². The second-order valence-electron chi connectivity index (χ2n) is 13.0.